The Kier molecular flexibility index (Phi) is 49.0. The van der Waals surface area contributed by atoms with Crippen LogP contribution in [0.1, 0.15) is 213 Å². The summed E-state index contributed by atoms with van der Waals surface area (Å²) >= 11 is 0. The fourth-order valence-electron chi connectivity index (χ4n) is 6.53. The van der Waals surface area contributed by atoms with Gasteiger partial charge in [-0.2, -0.15) is 0 Å². The topological polar surface area (TPSA) is 61.8 Å². The van der Waals surface area contributed by atoms with E-state index in [1.54, 1.807) is 0 Å². The summed E-state index contributed by atoms with van der Waals surface area (Å²) in [5, 5.41) is 0. The van der Waals surface area contributed by atoms with E-state index in [9.17, 15) is 9.59 Å². The summed E-state index contributed by atoms with van der Waals surface area (Å²) in [5.41, 5.74) is 0. The van der Waals surface area contributed by atoms with Crippen LogP contribution < -0.4 is 0 Å². The van der Waals surface area contributed by atoms with Gasteiger partial charge in [0, 0.05) is 19.4 Å². The van der Waals surface area contributed by atoms with Crippen molar-refractivity contribution in [3.8, 4) is 0 Å². The van der Waals surface area contributed by atoms with Crippen molar-refractivity contribution < 1.29 is 23.8 Å². The summed E-state index contributed by atoms with van der Waals surface area (Å²) in [6, 6.07) is 0. The number of carbonyl (C=O) groups is 2. The highest BCUT2D eigenvalue weighted by atomic mass is 16.6. The highest BCUT2D eigenvalue weighted by Gasteiger charge is 2.17. The minimum atomic E-state index is -0.567. The highest BCUT2D eigenvalue weighted by Crippen LogP contribution is 2.12. The monoisotopic (exact) mass is 859 g/mol. The van der Waals surface area contributed by atoms with Crippen molar-refractivity contribution in [1.82, 2.24) is 0 Å². The van der Waals surface area contributed by atoms with Crippen LogP contribution in [0.25, 0.3) is 0 Å². The molecule has 1 unspecified atom stereocenters. The largest absolute Gasteiger partial charge is 0.462 e. The van der Waals surface area contributed by atoms with Gasteiger partial charge in [-0.1, -0.05) is 194 Å². The van der Waals surface area contributed by atoms with Crippen molar-refractivity contribution in [3.63, 3.8) is 0 Å². The molecule has 5 nitrogen and oxygen atoms in total. The fourth-order valence-corrected chi connectivity index (χ4v) is 6.53. The van der Waals surface area contributed by atoms with Crippen LogP contribution in [0.4, 0.5) is 0 Å². The first-order valence-electron chi connectivity index (χ1n) is 25.4. The lowest BCUT2D eigenvalue weighted by Crippen LogP contribution is -2.30. The number of carbonyl (C=O) groups excluding carboxylic acids is 2. The summed E-state index contributed by atoms with van der Waals surface area (Å²) < 4.78 is 17.3. The molecular formula is C57H94O5. The average Bonchev–Trinajstić information content (AvgIpc) is 3.27. The van der Waals surface area contributed by atoms with Crippen LogP contribution in [0.15, 0.2) is 109 Å². The summed E-state index contributed by atoms with van der Waals surface area (Å²) in [4.78, 5) is 25.4. The maximum Gasteiger partial charge on any atom is 0.306 e. The Balaban J connectivity index is 4.35. The minimum Gasteiger partial charge on any atom is -0.462 e. The quantitative estimate of drug-likeness (QED) is 0.0347. The number of ether oxygens (including phenoxy) is 3. The molecule has 0 aliphatic rings. The average molecular weight is 859 g/mol. The number of allylic oxidation sites excluding steroid dienone is 18. The van der Waals surface area contributed by atoms with Gasteiger partial charge in [0.1, 0.15) is 6.61 Å². The van der Waals surface area contributed by atoms with E-state index in [4.69, 9.17) is 14.2 Å². The van der Waals surface area contributed by atoms with Gasteiger partial charge in [0.05, 0.1) is 6.61 Å². The zero-order valence-corrected chi connectivity index (χ0v) is 40.3. The Labute approximate surface area is 383 Å². The van der Waals surface area contributed by atoms with Gasteiger partial charge in [-0.15, -0.1) is 0 Å². The standard InChI is InChI=1S/C57H94O5/c1-4-7-10-13-16-19-22-24-26-28-29-30-31-33-36-38-41-44-47-50-56(58)61-54-55(62-57(59)51-48-45-42-39-35-21-18-15-12-9-6-3)53-60-52-49-46-43-40-37-34-32-27-25-23-20-17-14-11-8-5-2/h7-8,10-11,15-20,24-27,29-30,33,36,55H,4-6,9,12-14,21-23,28,31-32,34-35,37-54H2,1-3H3/b10-7-,11-8-,18-15-,19-16-,20-17-,26-24-,27-25-,30-29-,36-33-. The molecule has 0 aromatic heterocycles. The van der Waals surface area contributed by atoms with Gasteiger partial charge in [-0.25, -0.2) is 0 Å². The predicted molar refractivity (Wildman–Crippen MR) is 269 cm³/mol. The molecular weight excluding hydrogens is 765 g/mol. The summed E-state index contributed by atoms with van der Waals surface area (Å²) in [6.45, 7) is 7.48. The van der Waals surface area contributed by atoms with E-state index >= 15 is 0 Å². The first-order valence-corrected chi connectivity index (χ1v) is 25.4. The predicted octanol–water partition coefficient (Wildman–Crippen LogP) is 17.2. The number of hydrogen-bond acceptors (Lipinski definition) is 5. The second-order valence-corrected chi connectivity index (χ2v) is 16.3. The van der Waals surface area contributed by atoms with E-state index in [1.807, 2.05) is 0 Å². The summed E-state index contributed by atoms with van der Waals surface area (Å²) in [6.07, 6.45) is 71.0. The smallest absolute Gasteiger partial charge is 0.306 e. The molecule has 1 atom stereocenters. The summed E-state index contributed by atoms with van der Waals surface area (Å²) in [7, 11) is 0. The molecule has 0 N–H and O–H groups in total. The molecule has 0 radical (unpaired) electrons. The lowest BCUT2D eigenvalue weighted by Gasteiger charge is -2.18. The maximum absolute atomic E-state index is 12.8. The van der Waals surface area contributed by atoms with E-state index in [1.165, 1.54) is 57.8 Å². The van der Waals surface area contributed by atoms with Gasteiger partial charge in [0.15, 0.2) is 6.10 Å². The molecule has 0 amide bonds. The van der Waals surface area contributed by atoms with Gasteiger partial charge < -0.3 is 14.2 Å². The molecule has 62 heavy (non-hydrogen) atoms. The van der Waals surface area contributed by atoms with E-state index in [0.717, 1.165) is 122 Å². The van der Waals surface area contributed by atoms with Crippen LogP contribution in [-0.2, 0) is 23.8 Å². The summed E-state index contributed by atoms with van der Waals surface area (Å²) in [5.74, 6) is -0.460. The number of rotatable bonds is 45. The molecule has 0 rings (SSSR count). The molecule has 0 bridgehead atoms. The van der Waals surface area contributed by atoms with Gasteiger partial charge in [-0.05, 0) is 116 Å². The molecule has 352 valence electrons. The van der Waals surface area contributed by atoms with Gasteiger partial charge >= 0.3 is 11.9 Å². The molecule has 0 spiro atoms. The first-order chi connectivity index (χ1) is 30.6. The molecule has 0 aromatic carbocycles. The molecule has 0 fully saturated rings. The molecule has 0 heterocycles. The van der Waals surface area contributed by atoms with Crippen molar-refractivity contribution in [2.75, 3.05) is 19.8 Å². The Morgan fingerprint density at radius 1 is 0.371 bits per heavy atom. The van der Waals surface area contributed by atoms with Crippen molar-refractivity contribution >= 4 is 11.9 Å². The second-order valence-electron chi connectivity index (χ2n) is 16.3. The third-order valence-electron chi connectivity index (χ3n) is 10.3. The number of unbranched alkanes of at least 4 members (excludes halogenated alkanes) is 16. The molecule has 0 aliphatic carbocycles. The lowest BCUT2D eigenvalue weighted by molar-refractivity contribution is -0.163. The fraction of sp³-hybridized carbons (Fsp3) is 0.649. The minimum absolute atomic E-state index is 0.0530. The van der Waals surface area contributed by atoms with Gasteiger partial charge in [0.2, 0.25) is 0 Å². The van der Waals surface area contributed by atoms with Crippen molar-refractivity contribution in [1.29, 1.82) is 0 Å². The van der Waals surface area contributed by atoms with Crippen LogP contribution in [0.2, 0.25) is 0 Å². The Hall–Kier alpha value is -3.44. The Morgan fingerprint density at radius 2 is 0.726 bits per heavy atom. The van der Waals surface area contributed by atoms with Crippen molar-refractivity contribution in [2.24, 2.45) is 0 Å². The zero-order valence-electron chi connectivity index (χ0n) is 40.3. The molecule has 0 aromatic rings. The Bertz CT molecular complexity index is 1250. The third kappa shape index (κ3) is 49.2. The van der Waals surface area contributed by atoms with Crippen LogP contribution >= 0.6 is 0 Å². The van der Waals surface area contributed by atoms with Crippen LogP contribution in [0.3, 0.4) is 0 Å². The highest BCUT2D eigenvalue weighted by molar-refractivity contribution is 5.70. The van der Waals surface area contributed by atoms with Gasteiger partial charge in [-0.3, -0.25) is 9.59 Å². The van der Waals surface area contributed by atoms with E-state index in [2.05, 4.69) is 130 Å². The van der Waals surface area contributed by atoms with E-state index < -0.39 is 6.10 Å². The van der Waals surface area contributed by atoms with Crippen LogP contribution in [-0.4, -0.2) is 37.9 Å². The third-order valence-corrected chi connectivity index (χ3v) is 10.3. The van der Waals surface area contributed by atoms with Gasteiger partial charge in [0.25, 0.3) is 0 Å². The molecule has 0 saturated heterocycles. The molecule has 5 heteroatoms. The SMILES string of the molecule is CC/C=C\C/C=C\C/C=C\C/C=C\C/C=C\CCCCCC(=O)OCC(COCCCCCCCC/C=C\C/C=C\C/C=C\CC)OC(=O)CCCCCCC/C=C\CCCC. The normalized spacial score (nSPS) is 13.1. The van der Waals surface area contributed by atoms with Crippen LogP contribution in [0, 0.1) is 0 Å². The molecule has 0 aliphatic heterocycles. The van der Waals surface area contributed by atoms with Crippen molar-refractivity contribution in [3.05, 3.63) is 109 Å². The first kappa shape index (κ1) is 58.6. The second kappa shape index (κ2) is 51.9. The number of esters is 2. The molecule has 0 saturated carbocycles. The number of hydrogen-bond donors (Lipinski definition) is 0. The van der Waals surface area contributed by atoms with E-state index in [-0.39, 0.29) is 25.2 Å². The zero-order chi connectivity index (χ0) is 44.9. The maximum atomic E-state index is 12.8. The van der Waals surface area contributed by atoms with E-state index in [0.29, 0.717) is 19.4 Å². The van der Waals surface area contributed by atoms with Crippen molar-refractivity contribution in [2.45, 2.75) is 219 Å². The lowest BCUT2D eigenvalue weighted by atomic mass is 10.1. The van der Waals surface area contributed by atoms with Crippen LogP contribution in [0.5, 0.6) is 0 Å². The Morgan fingerprint density at radius 3 is 1.19 bits per heavy atom.